The van der Waals surface area contributed by atoms with Crippen molar-refractivity contribution in [1.29, 1.82) is 0 Å². The first-order valence-corrected chi connectivity index (χ1v) is 6.82. The first-order chi connectivity index (χ1) is 8.94. The summed E-state index contributed by atoms with van der Waals surface area (Å²) in [5.41, 5.74) is -0.957. The van der Waals surface area contributed by atoms with Crippen LogP contribution in [0, 0.1) is 5.82 Å². The summed E-state index contributed by atoms with van der Waals surface area (Å²) in [5.74, 6) is -0.387. The molecule has 0 unspecified atom stereocenters. The van der Waals surface area contributed by atoms with Crippen molar-refractivity contribution < 1.29 is 18.8 Å². The van der Waals surface area contributed by atoms with Gasteiger partial charge in [0.2, 0.25) is 0 Å². The maximum atomic E-state index is 13.5. The Morgan fingerprint density at radius 2 is 1.60 bits per heavy atom. The molecule has 0 spiro atoms. The summed E-state index contributed by atoms with van der Waals surface area (Å²) in [6, 6.07) is 4.31. The first kappa shape index (κ1) is 15.5. The zero-order valence-corrected chi connectivity index (χ0v) is 13.0. The summed E-state index contributed by atoms with van der Waals surface area (Å²) in [6.45, 7) is 11.1. The average Bonchev–Trinajstić information content (AvgIpc) is 2.46. The molecule has 1 fully saturated rings. The molecule has 0 radical (unpaired) electrons. The molecular formula is C15H22BFO3. The number of hydrogen-bond donors (Lipinski definition) is 1. The minimum Gasteiger partial charge on any atom is -0.399 e. The van der Waals surface area contributed by atoms with Crippen LogP contribution in [0.4, 0.5) is 4.39 Å². The van der Waals surface area contributed by atoms with E-state index < -0.39 is 23.9 Å². The van der Waals surface area contributed by atoms with Gasteiger partial charge in [0.15, 0.2) is 0 Å². The second kappa shape index (κ2) is 4.55. The van der Waals surface area contributed by atoms with Gasteiger partial charge in [-0.25, -0.2) is 4.39 Å². The van der Waals surface area contributed by atoms with Gasteiger partial charge in [-0.15, -0.1) is 0 Å². The number of aliphatic hydroxyl groups is 1. The molecule has 2 rings (SSSR count). The molecule has 20 heavy (non-hydrogen) atoms. The molecule has 1 heterocycles. The standard InChI is InChI=1S/C15H22BFO3/c1-13(2,18)11-9-10(17)7-8-12(11)16-19-14(3,4)15(5,6)20-16/h7-9,18H,1-6H3. The Morgan fingerprint density at radius 3 is 2.05 bits per heavy atom. The van der Waals surface area contributed by atoms with Gasteiger partial charge >= 0.3 is 7.12 Å². The number of rotatable bonds is 2. The summed E-state index contributed by atoms with van der Waals surface area (Å²) < 4.78 is 25.4. The lowest BCUT2D eigenvalue weighted by molar-refractivity contribution is 0.00578. The minimum absolute atomic E-state index is 0.387. The van der Waals surface area contributed by atoms with Gasteiger partial charge in [-0.3, -0.25) is 0 Å². The van der Waals surface area contributed by atoms with E-state index in [4.69, 9.17) is 9.31 Å². The highest BCUT2D eigenvalue weighted by Gasteiger charge is 2.52. The number of benzene rings is 1. The van der Waals surface area contributed by atoms with Crippen LogP contribution in [0.5, 0.6) is 0 Å². The fourth-order valence-corrected chi connectivity index (χ4v) is 2.23. The molecule has 5 heteroatoms. The topological polar surface area (TPSA) is 38.7 Å². The van der Waals surface area contributed by atoms with Gasteiger partial charge in [-0.05, 0) is 64.7 Å². The molecule has 0 atom stereocenters. The summed E-state index contributed by atoms with van der Waals surface area (Å²) in [5, 5.41) is 10.2. The van der Waals surface area contributed by atoms with Crippen LogP contribution in [0.2, 0.25) is 0 Å². The monoisotopic (exact) mass is 280 g/mol. The minimum atomic E-state index is -1.17. The summed E-state index contributed by atoms with van der Waals surface area (Å²) in [6.07, 6.45) is 0. The zero-order valence-electron chi connectivity index (χ0n) is 13.0. The molecule has 0 saturated carbocycles. The van der Waals surface area contributed by atoms with E-state index in [1.165, 1.54) is 12.1 Å². The molecule has 0 aromatic heterocycles. The van der Waals surface area contributed by atoms with Crippen molar-refractivity contribution in [1.82, 2.24) is 0 Å². The second-order valence-electron chi connectivity index (χ2n) is 6.88. The third kappa shape index (κ3) is 2.62. The average molecular weight is 280 g/mol. The van der Waals surface area contributed by atoms with Crippen molar-refractivity contribution >= 4 is 12.6 Å². The van der Waals surface area contributed by atoms with E-state index in [0.717, 1.165) is 0 Å². The fourth-order valence-electron chi connectivity index (χ4n) is 2.23. The lowest BCUT2D eigenvalue weighted by Gasteiger charge is -2.32. The largest absolute Gasteiger partial charge is 0.495 e. The smallest absolute Gasteiger partial charge is 0.399 e. The van der Waals surface area contributed by atoms with Crippen molar-refractivity contribution in [2.24, 2.45) is 0 Å². The molecular weight excluding hydrogens is 258 g/mol. The maximum Gasteiger partial charge on any atom is 0.495 e. The van der Waals surface area contributed by atoms with Gasteiger partial charge in [-0.2, -0.15) is 0 Å². The predicted octanol–water partition coefficient (Wildman–Crippen LogP) is 2.35. The van der Waals surface area contributed by atoms with Crippen LogP contribution in [0.25, 0.3) is 0 Å². The highest BCUT2D eigenvalue weighted by Crippen LogP contribution is 2.37. The van der Waals surface area contributed by atoms with Crippen molar-refractivity contribution in [3.8, 4) is 0 Å². The van der Waals surface area contributed by atoms with Crippen LogP contribution < -0.4 is 5.46 Å². The molecule has 1 saturated heterocycles. The van der Waals surface area contributed by atoms with E-state index in [9.17, 15) is 9.50 Å². The van der Waals surface area contributed by atoms with E-state index in [1.807, 2.05) is 27.7 Å². The molecule has 1 aliphatic heterocycles. The van der Waals surface area contributed by atoms with Gasteiger partial charge in [-0.1, -0.05) is 6.07 Å². The molecule has 110 valence electrons. The SMILES string of the molecule is CC(C)(O)c1cc(F)ccc1B1OC(C)(C)C(C)(C)O1. The van der Waals surface area contributed by atoms with Crippen LogP contribution in [0.3, 0.4) is 0 Å². The molecule has 1 aliphatic rings. The van der Waals surface area contributed by atoms with Crippen LogP contribution in [0.15, 0.2) is 18.2 Å². The van der Waals surface area contributed by atoms with Gasteiger partial charge in [0.05, 0.1) is 16.8 Å². The van der Waals surface area contributed by atoms with Crippen molar-refractivity contribution in [2.75, 3.05) is 0 Å². The van der Waals surface area contributed by atoms with Gasteiger partial charge in [0, 0.05) is 0 Å². The molecule has 1 aromatic carbocycles. The Hall–Kier alpha value is -0.905. The maximum absolute atomic E-state index is 13.5. The summed E-state index contributed by atoms with van der Waals surface area (Å²) >= 11 is 0. The Balaban J connectivity index is 2.46. The predicted molar refractivity (Wildman–Crippen MR) is 77.4 cm³/mol. The van der Waals surface area contributed by atoms with E-state index in [-0.39, 0.29) is 5.82 Å². The fraction of sp³-hybridized carbons (Fsp3) is 0.600. The van der Waals surface area contributed by atoms with Gasteiger partial charge in [0.1, 0.15) is 5.82 Å². The van der Waals surface area contributed by atoms with E-state index in [0.29, 0.717) is 11.0 Å². The number of halogens is 1. The number of hydrogen-bond acceptors (Lipinski definition) is 3. The Morgan fingerprint density at radius 1 is 1.10 bits per heavy atom. The highest BCUT2D eigenvalue weighted by atomic mass is 19.1. The Kier molecular flexibility index (Phi) is 3.52. The third-order valence-electron chi connectivity index (χ3n) is 4.18. The molecule has 0 amide bonds. The second-order valence-corrected chi connectivity index (χ2v) is 6.88. The van der Waals surface area contributed by atoms with Crippen LogP contribution in [0.1, 0.15) is 47.1 Å². The first-order valence-electron chi connectivity index (χ1n) is 6.82. The van der Waals surface area contributed by atoms with Crippen LogP contribution in [-0.2, 0) is 14.9 Å². The zero-order chi connectivity index (χ0) is 15.3. The normalized spacial score (nSPS) is 21.3. The van der Waals surface area contributed by atoms with E-state index in [1.54, 1.807) is 19.9 Å². The molecule has 3 nitrogen and oxygen atoms in total. The molecule has 0 aliphatic carbocycles. The van der Waals surface area contributed by atoms with E-state index in [2.05, 4.69) is 0 Å². The van der Waals surface area contributed by atoms with Gasteiger partial charge in [0.25, 0.3) is 0 Å². The van der Waals surface area contributed by atoms with E-state index >= 15 is 0 Å². The van der Waals surface area contributed by atoms with Crippen molar-refractivity contribution in [3.63, 3.8) is 0 Å². The van der Waals surface area contributed by atoms with Gasteiger partial charge < -0.3 is 14.4 Å². The van der Waals surface area contributed by atoms with Crippen LogP contribution >= 0.6 is 0 Å². The quantitative estimate of drug-likeness (QED) is 0.845. The summed E-state index contributed by atoms with van der Waals surface area (Å²) in [7, 11) is -0.609. The lowest BCUT2D eigenvalue weighted by Crippen LogP contribution is -2.41. The lowest BCUT2D eigenvalue weighted by atomic mass is 9.72. The van der Waals surface area contributed by atoms with Crippen molar-refractivity contribution in [3.05, 3.63) is 29.6 Å². The highest BCUT2D eigenvalue weighted by molar-refractivity contribution is 6.62. The Labute approximate surface area is 120 Å². The molecule has 1 N–H and O–H groups in total. The van der Waals surface area contributed by atoms with Crippen LogP contribution in [-0.4, -0.2) is 23.4 Å². The third-order valence-corrected chi connectivity index (χ3v) is 4.18. The Bertz CT molecular complexity index is 504. The molecule has 1 aromatic rings. The summed E-state index contributed by atoms with van der Waals surface area (Å²) in [4.78, 5) is 0. The molecule has 0 bridgehead atoms. The van der Waals surface area contributed by atoms with Crippen molar-refractivity contribution in [2.45, 2.75) is 58.3 Å².